The summed E-state index contributed by atoms with van der Waals surface area (Å²) in [5.41, 5.74) is 1.37. The molecule has 0 unspecified atom stereocenters. The van der Waals surface area contributed by atoms with Gasteiger partial charge < -0.3 is 14.8 Å². The van der Waals surface area contributed by atoms with Crippen molar-refractivity contribution in [3.63, 3.8) is 0 Å². The fraction of sp³-hybridized carbons (Fsp3) is 0.308. The van der Waals surface area contributed by atoms with E-state index in [1.165, 1.54) is 0 Å². The van der Waals surface area contributed by atoms with Gasteiger partial charge in [0, 0.05) is 12.4 Å². The molecule has 0 saturated heterocycles. The summed E-state index contributed by atoms with van der Waals surface area (Å²) < 4.78 is 1.82. The monoisotopic (exact) mass is 261 g/mol. The van der Waals surface area contributed by atoms with E-state index in [9.17, 15) is 9.59 Å². The number of hydrogen-bond acceptors (Lipinski definition) is 3. The van der Waals surface area contributed by atoms with Gasteiger partial charge in [-0.15, -0.1) is 0 Å². The van der Waals surface area contributed by atoms with Crippen molar-refractivity contribution in [3.8, 4) is 0 Å². The Morgan fingerprint density at radius 3 is 2.89 bits per heavy atom. The van der Waals surface area contributed by atoms with Crippen molar-refractivity contribution in [1.82, 2.24) is 14.7 Å². The van der Waals surface area contributed by atoms with Gasteiger partial charge in [0.05, 0.1) is 12.1 Å². The molecule has 6 heteroatoms. The van der Waals surface area contributed by atoms with E-state index in [0.717, 1.165) is 5.65 Å². The lowest BCUT2D eigenvalue weighted by molar-refractivity contribution is -0.141. The molecule has 0 fully saturated rings. The molecule has 0 aliphatic carbocycles. The minimum absolute atomic E-state index is 0.0749. The van der Waals surface area contributed by atoms with E-state index < -0.39 is 12.0 Å². The smallest absolute Gasteiger partial charge is 0.326 e. The number of aliphatic carboxylic acids is 1. The summed E-state index contributed by atoms with van der Waals surface area (Å²) in [7, 11) is 0. The maximum Gasteiger partial charge on any atom is 0.326 e. The Morgan fingerprint density at radius 2 is 2.26 bits per heavy atom. The third-order valence-corrected chi connectivity index (χ3v) is 2.80. The lowest BCUT2D eigenvalue weighted by Crippen LogP contribution is -2.41. The highest BCUT2D eigenvalue weighted by molar-refractivity contribution is 5.84. The van der Waals surface area contributed by atoms with Crippen LogP contribution in [0.5, 0.6) is 0 Å². The number of carbonyl (C=O) groups excluding carboxylic acids is 1. The molecule has 2 rings (SSSR count). The number of amides is 1. The van der Waals surface area contributed by atoms with Crippen molar-refractivity contribution < 1.29 is 14.7 Å². The van der Waals surface area contributed by atoms with Crippen molar-refractivity contribution in [3.05, 3.63) is 36.3 Å². The first-order valence-electron chi connectivity index (χ1n) is 6.05. The number of carboxylic acid groups (broad SMARTS) is 1. The van der Waals surface area contributed by atoms with Crippen LogP contribution in [0.2, 0.25) is 0 Å². The van der Waals surface area contributed by atoms with E-state index in [1.54, 1.807) is 13.1 Å². The quantitative estimate of drug-likeness (QED) is 0.836. The van der Waals surface area contributed by atoms with E-state index in [2.05, 4.69) is 10.3 Å². The molecule has 6 nitrogen and oxygen atoms in total. The lowest BCUT2D eigenvalue weighted by Gasteiger charge is -2.11. The number of nitrogens with one attached hydrogen (secondary N) is 1. The predicted molar refractivity (Wildman–Crippen MR) is 68.8 cm³/mol. The Hall–Kier alpha value is -2.37. The van der Waals surface area contributed by atoms with Crippen LogP contribution < -0.4 is 5.32 Å². The number of rotatable bonds is 5. The van der Waals surface area contributed by atoms with E-state index in [0.29, 0.717) is 12.1 Å². The van der Waals surface area contributed by atoms with Gasteiger partial charge in [0.25, 0.3) is 0 Å². The second-order valence-electron chi connectivity index (χ2n) is 4.24. The van der Waals surface area contributed by atoms with Crippen molar-refractivity contribution >= 4 is 17.5 Å². The van der Waals surface area contributed by atoms with Gasteiger partial charge in [0.1, 0.15) is 11.7 Å². The molecule has 2 N–H and O–H groups in total. The van der Waals surface area contributed by atoms with Gasteiger partial charge >= 0.3 is 5.97 Å². The number of carboxylic acids is 1. The standard InChI is InChI=1S/C13H15N3O3/c1-2-10(13(18)19)15-12(17)7-9-8-16-6-4-3-5-11(16)14-9/h3-6,8,10H,2,7H2,1H3,(H,15,17)(H,18,19)/t10-/m0/s1. The van der Waals surface area contributed by atoms with Crippen LogP contribution in [-0.2, 0) is 16.0 Å². The maximum absolute atomic E-state index is 11.7. The molecule has 0 bridgehead atoms. The summed E-state index contributed by atoms with van der Waals surface area (Å²) >= 11 is 0. The van der Waals surface area contributed by atoms with Crippen LogP contribution in [0.25, 0.3) is 5.65 Å². The molecule has 0 radical (unpaired) electrons. The van der Waals surface area contributed by atoms with Crippen LogP contribution >= 0.6 is 0 Å². The number of fused-ring (bicyclic) bond motifs is 1. The summed E-state index contributed by atoms with van der Waals surface area (Å²) in [6.45, 7) is 1.71. The molecule has 0 aliphatic heterocycles. The molecular formula is C13H15N3O3. The first-order valence-corrected chi connectivity index (χ1v) is 6.05. The zero-order valence-electron chi connectivity index (χ0n) is 10.5. The van der Waals surface area contributed by atoms with E-state index in [4.69, 9.17) is 5.11 Å². The van der Waals surface area contributed by atoms with Crippen LogP contribution in [0.15, 0.2) is 30.6 Å². The van der Waals surface area contributed by atoms with Gasteiger partial charge in [-0.3, -0.25) is 4.79 Å². The van der Waals surface area contributed by atoms with E-state index >= 15 is 0 Å². The van der Waals surface area contributed by atoms with Crippen LogP contribution in [0, 0.1) is 0 Å². The molecule has 0 spiro atoms. The highest BCUT2D eigenvalue weighted by Crippen LogP contribution is 2.05. The van der Waals surface area contributed by atoms with Crippen LogP contribution in [0.4, 0.5) is 0 Å². The molecule has 100 valence electrons. The predicted octanol–water partition coefficient (Wildman–Crippen LogP) is 0.856. The Bertz CT molecular complexity index is 573. The second-order valence-corrected chi connectivity index (χ2v) is 4.24. The number of carbonyl (C=O) groups is 2. The summed E-state index contributed by atoms with van der Waals surface area (Å²) in [5.74, 6) is -1.36. The lowest BCUT2D eigenvalue weighted by atomic mass is 10.2. The molecule has 2 aromatic rings. The van der Waals surface area contributed by atoms with Crippen molar-refractivity contribution in [2.24, 2.45) is 0 Å². The van der Waals surface area contributed by atoms with Crippen LogP contribution in [0.3, 0.4) is 0 Å². The maximum atomic E-state index is 11.7. The number of pyridine rings is 1. The molecule has 1 amide bonds. The minimum atomic E-state index is -1.02. The van der Waals surface area contributed by atoms with Crippen molar-refractivity contribution in [2.75, 3.05) is 0 Å². The minimum Gasteiger partial charge on any atom is -0.480 e. The number of hydrogen-bond donors (Lipinski definition) is 2. The van der Waals surface area contributed by atoms with Crippen LogP contribution in [-0.4, -0.2) is 32.4 Å². The average Bonchev–Trinajstić information content (AvgIpc) is 2.77. The largest absolute Gasteiger partial charge is 0.480 e. The molecule has 2 heterocycles. The van der Waals surface area contributed by atoms with Gasteiger partial charge in [-0.05, 0) is 18.6 Å². The van der Waals surface area contributed by atoms with E-state index in [1.807, 2.05) is 28.8 Å². The molecule has 0 aromatic carbocycles. The Labute approximate surface area is 110 Å². The number of aromatic nitrogens is 2. The summed E-state index contributed by atoms with van der Waals surface area (Å²) in [5, 5.41) is 11.3. The highest BCUT2D eigenvalue weighted by atomic mass is 16.4. The van der Waals surface area contributed by atoms with Gasteiger partial charge in [0.15, 0.2) is 0 Å². The van der Waals surface area contributed by atoms with Gasteiger partial charge in [-0.1, -0.05) is 13.0 Å². The molecule has 1 atom stereocenters. The molecular weight excluding hydrogens is 246 g/mol. The third-order valence-electron chi connectivity index (χ3n) is 2.80. The second kappa shape index (κ2) is 5.51. The first-order chi connectivity index (χ1) is 9.10. The molecule has 0 saturated carbocycles. The fourth-order valence-corrected chi connectivity index (χ4v) is 1.82. The number of nitrogens with zero attached hydrogens (tertiary/aromatic N) is 2. The number of imidazole rings is 1. The summed E-state index contributed by atoms with van der Waals surface area (Å²) in [6.07, 6.45) is 4.03. The zero-order chi connectivity index (χ0) is 13.8. The Morgan fingerprint density at radius 1 is 1.47 bits per heavy atom. The third kappa shape index (κ3) is 3.09. The fourth-order valence-electron chi connectivity index (χ4n) is 1.82. The molecule has 0 aliphatic rings. The van der Waals surface area contributed by atoms with Gasteiger partial charge in [0.2, 0.25) is 5.91 Å². The average molecular weight is 261 g/mol. The van der Waals surface area contributed by atoms with Crippen molar-refractivity contribution in [1.29, 1.82) is 0 Å². The normalized spacial score (nSPS) is 12.3. The molecule has 2 aromatic heterocycles. The first kappa shape index (κ1) is 13.1. The summed E-state index contributed by atoms with van der Waals surface area (Å²) in [6, 6.07) is 4.73. The van der Waals surface area contributed by atoms with Gasteiger partial charge in [-0.25, -0.2) is 9.78 Å². The zero-order valence-corrected chi connectivity index (χ0v) is 10.5. The topological polar surface area (TPSA) is 83.7 Å². The Balaban J connectivity index is 2.04. The Kier molecular flexibility index (Phi) is 3.79. The summed E-state index contributed by atoms with van der Waals surface area (Å²) in [4.78, 5) is 26.8. The molecule has 19 heavy (non-hydrogen) atoms. The van der Waals surface area contributed by atoms with E-state index in [-0.39, 0.29) is 12.3 Å². The van der Waals surface area contributed by atoms with Gasteiger partial charge in [-0.2, -0.15) is 0 Å². The van der Waals surface area contributed by atoms with Crippen molar-refractivity contribution in [2.45, 2.75) is 25.8 Å². The van der Waals surface area contributed by atoms with Crippen LogP contribution in [0.1, 0.15) is 19.0 Å². The highest BCUT2D eigenvalue weighted by Gasteiger charge is 2.18. The SMILES string of the molecule is CC[C@H](NC(=O)Cc1cn2ccccc2n1)C(=O)O.